The molecule has 0 atom stereocenters. The van der Waals surface area contributed by atoms with Gasteiger partial charge in [0.2, 0.25) is 10.0 Å². The molecular formula is C15H22FNO3S. The second kappa shape index (κ2) is 6.42. The largest absolute Gasteiger partial charge is 0.396 e. The molecule has 0 saturated heterocycles. The number of rotatable bonds is 5. The molecule has 0 spiro atoms. The summed E-state index contributed by atoms with van der Waals surface area (Å²) in [5.41, 5.74) is 0.275. The molecule has 1 saturated carbocycles. The van der Waals surface area contributed by atoms with Crippen molar-refractivity contribution in [2.24, 2.45) is 5.41 Å². The fourth-order valence-corrected chi connectivity index (χ4v) is 4.15. The molecule has 0 heterocycles. The Balaban J connectivity index is 2.15. The van der Waals surface area contributed by atoms with Crippen LogP contribution in [0.25, 0.3) is 0 Å². The molecular weight excluding hydrogens is 293 g/mol. The first-order valence-corrected chi connectivity index (χ1v) is 8.74. The highest BCUT2D eigenvalue weighted by Crippen LogP contribution is 2.35. The molecule has 0 unspecified atom stereocenters. The Morgan fingerprint density at radius 3 is 2.57 bits per heavy atom. The normalized spacial score (nSPS) is 18.6. The van der Waals surface area contributed by atoms with Gasteiger partial charge in [-0.25, -0.2) is 17.5 Å². The van der Waals surface area contributed by atoms with Gasteiger partial charge in [0.1, 0.15) is 10.7 Å². The van der Waals surface area contributed by atoms with Gasteiger partial charge < -0.3 is 5.11 Å². The molecule has 1 aliphatic rings. The molecule has 6 heteroatoms. The molecule has 2 N–H and O–H groups in total. The molecule has 2 rings (SSSR count). The van der Waals surface area contributed by atoms with Gasteiger partial charge >= 0.3 is 0 Å². The Morgan fingerprint density at radius 1 is 1.29 bits per heavy atom. The third-order valence-electron chi connectivity index (χ3n) is 4.26. The van der Waals surface area contributed by atoms with E-state index in [2.05, 4.69) is 4.72 Å². The van der Waals surface area contributed by atoms with E-state index >= 15 is 0 Å². The standard InChI is InChI=1S/C15H22FNO3S/c1-12-5-6-13(16)14(9-12)21(19,20)17-10-15(11-18)7-3-2-4-8-15/h5-6,9,17-18H,2-4,7-8,10-11H2,1H3. The molecule has 4 nitrogen and oxygen atoms in total. The number of aliphatic hydroxyl groups excluding tert-OH is 1. The lowest BCUT2D eigenvalue weighted by Gasteiger charge is -2.35. The number of aryl methyl sites for hydroxylation is 1. The van der Waals surface area contributed by atoms with Gasteiger partial charge in [-0.2, -0.15) is 0 Å². The first-order chi connectivity index (χ1) is 9.88. The highest BCUT2D eigenvalue weighted by atomic mass is 32.2. The average Bonchev–Trinajstić information content (AvgIpc) is 2.49. The van der Waals surface area contributed by atoms with Crippen molar-refractivity contribution in [3.63, 3.8) is 0 Å². The average molecular weight is 315 g/mol. The lowest BCUT2D eigenvalue weighted by molar-refractivity contribution is 0.0867. The van der Waals surface area contributed by atoms with Crippen molar-refractivity contribution < 1.29 is 17.9 Å². The van der Waals surface area contributed by atoms with Crippen molar-refractivity contribution >= 4 is 10.0 Å². The summed E-state index contributed by atoms with van der Waals surface area (Å²) in [4.78, 5) is -0.327. The number of hydrogen-bond acceptors (Lipinski definition) is 3. The van der Waals surface area contributed by atoms with E-state index in [0.717, 1.165) is 38.2 Å². The summed E-state index contributed by atoms with van der Waals surface area (Å²) >= 11 is 0. The summed E-state index contributed by atoms with van der Waals surface area (Å²) in [5, 5.41) is 9.60. The van der Waals surface area contributed by atoms with Gasteiger partial charge in [-0.1, -0.05) is 25.3 Å². The molecule has 21 heavy (non-hydrogen) atoms. The molecule has 0 aromatic heterocycles. The van der Waals surface area contributed by atoms with E-state index in [1.54, 1.807) is 6.92 Å². The van der Waals surface area contributed by atoms with Gasteiger partial charge in [-0.3, -0.25) is 0 Å². The van der Waals surface area contributed by atoms with Gasteiger partial charge in [0.25, 0.3) is 0 Å². The van der Waals surface area contributed by atoms with Gasteiger partial charge in [0.05, 0.1) is 0 Å². The highest BCUT2D eigenvalue weighted by Gasteiger charge is 2.33. The van der Waals surface area contributed by atoms with E-state index < -0.39 is 21.3 Å². The zero-order valence-corrected chi connectivity index (χ0v) is 13.0. The predicted octanol–water partition coefficient (Wildman–Crippen LogP) is 2.36. The molecule has 1 aromatic carbocycles. The minimum absolute atomic E-state index is 0.0498. The van der Waals surface area contributed by atoms with Crippen LogP contribution < -0.4 is 4.72 Å². The van der Waals surface area contributed by atoms with E-state index in [1.807, 2.05) is 0 Å². The second-order valence-corrected chi connectivity index (χ2v) is 7.71. The first-order valence-electron chi connectivity index (χ1n) is 7.25. The van der Waals surface area contributed by atoms with Gasteiger partial charge in [-0.05, 0) is 37.5 Å². The van der Waals surface area contributed by atoms with Crippen LogP contribution in [0.5, 0.6) is 0 Å². The summed E-state index contributed by atoms with van der Waals surface area (Å²) in [6.45, 7) is 1.82. The molecule has 0 aliphatic heterocycles. The van der Waals surface area contributed by atoms with Gasteiger partial charge in [0, 0.05) is 18.6 Å². The van der Waals surface area contributed by atoms with Crippen LogP contribution in [0.2, 0.25) is 0 Å². The Hall–Kier alpha value is -0.980. The van der Waals surface area contributed by atoms with E-state index in [-0.39, 0.29) is 18.0 Å². The van der Waals surface area contributed by atoms with Crippen molar-refractivity contribution in [2.75, 3.05) is 13.2 Å². The minimum Gasteiger partial charge on any atom is -0.396 e. The lowest BCUT2D eigenvalue weighted by Crippen LogP contribution is -2.41. The Morgan fingerprint density at radius 2 is 1.95 bits per heavy atom. The monoisotopic (exact) mass is 315 g/mol. The number of hydrogen-bond donors (Lipinski definition) is 2. The van der Waals surface area contributed by atoms with Crippen molar-refractivity contribution in [3.8, 4) is 0 Å². The Bertz CT molecular complexity index is 595. The molecule has 1 fully saturated rings. The summed E-state index contributed by atoms with van der Waals surface area (Å²) in [6.07, 6.45) is 4.67. The molecule has 0 amide bonds. The molecule has 1 aliphatic carbocycles. The van der Waals surface area contributed by atoms with Crippen LogP contribution in [0, 0.1) is 18.2 Å². The quantitative estimate of drug-likeness (QED) is 0.876. The second-order valence-electron chi connectivity index (χ2n) is 5.98. The van der Waals surface area contributed by atoms with Crippen LogP contribution in [-0.2, 0) is 10.0 Å². The van der Waals surface area contributed by atoms with Crippen molar-refractivity contribution in [3.05, 3.63) is 29.6 Å². The SMILES string of the molecule is Cc1ccc(F)c(S(=O)(=O)NCC2(CO)CCCCC2)c1. The van der Waals surface area contributed by atoms with Crippen molar-refractivity contribution in [1.82, 2.24) is 4.72 Å². The van der Waals surface area contributed by atoms with Crippen LogP contribution in [0.3, 0.4) is 0 Å². The summed E-state index contributed by atoms with van der Waals surface area (Å²) < 4.78 is 40.8. The van der Waals surface area contributed by atoms with E-state index in [4.69, 9.17) is 0 Å². The lowest BCUT2D eigenvalue weighted by atomic mass is 9.75. The van der Waals surface area contributed by atoms with Gasteiger partial charge in [-0.15, -0.1) is 0 Å². The summed E-state index contributed by atoms with van der Waals surface area (Å²) in [5.74, 6) is -0.755. The van der Waals surface area contributed by atoms with Crippen LogP contribution in [0.1, 0.15) is 37.7 Å². The predicted molar refractivity (Wildman–Crippen MR) is 78.9 cm³/mol. The van der Waals surface area contributed by atoms with Crippen LogP contribution >= 0.6 is 0 Å². The maximum absolute atomic E-state index is 13.7. The third kappa shape index (κ3) is 3.81. The molecule has 0 radical (unpaired) electrons. The third-order valence-corrected chi connectivity index (χ3v) is 5.68. The van der Waals surface area contributed by atoms with E-state index in [0.29, 0.717) is 5.56 Å². The van der Waals surface area contributed by atoms with E-state index in [9.17, 15) is 17.9 Å². The number of benzene rings is 1. The maximum Gasteiger partial charge on any atom is 0.243 e. The number of aliphatic hydroxyl groups is 1. The topological polar surface area (TPSA) is 66.4 Å². The number of nitrogens with one attached hydrogen (secondary N) is 1. The number of halogens is 1. The zero-order valence-electron chi connectivity index (χ0n) is 12.2. The minimum atomic E-state index is -3.90. The van der Waals surface area contributed by atoms with Crippen molar-refractivity contribution in [1.29, 1.82) is 0 Å². The van der Waals surface area contributed by atoms with E-state index in [1.165, 1.54) is 12.1 Å². The number of sulfonamides is 1. The first kappa shape index (κ1) is 16.4. The fourth-order valence-electron chi connectivity index (χ4n) is 2.83. The Kier molecular flexibility index (Phi) is 5.01. The van der Waals surface area contributed by atoms with Crippen LogP contribution in [-0.4, -0.2) is 26.7 Å². The molecule has 1 aromatic rings. The fraction of sp³-hybridized carbons (Fsp3) is 0.600. The maximum atomic E-state index is 13.7. The van der Waals surface area contributed by atoms with Crippen LogP contribution in [0.4, 0.5) is 4.39 Å². The Labute approximate surface area is 125 Å². The van der Waals surface area contributed by atoms with Gasteiger partial charge in [0.15, 0.2) is 0 Å². The molecule has 118 valence electrons. The summed E-state index contributed by atoms with van der Waals surface area (Å²) in [6, 6.07) is 4.02. The highest BCUT2D eigenvalue weighted by molar-refractivity contribution is 7.89. The smallest absolute Gasteiger partial charge is 0.243 e. The molecule has 0 bridgehead atoms. The zero-order chi connectivity index (χ0) is 15.5. The van der Waals surface area contributed by atoms with Crippen LogP contribution in [0.15, 0.2) is 23.1 Å². The summed E-state index contributed by atoms with van der Waals surface area (Å²) in [7, 11) is -3.90. The van der Waals surface area contributed by atoms with Crippen molar-refractivity contribution in [2.45, 2.75) is 43.9 Å².